The molecule has 14 heavy (non-hydrogen) atoms. The van der Waals surface area contributed by atoms with Gasteiger partial charge in [-0.05, 0) is 6.42 Å². The molecule has 3 nitrogen and oxygen atoms in total. The summed E-state index contributed by atoms with van der Waals surface area (Å²) in [6.45, 7) is 3.02. The molecule has 0 aliphatic heterocycles. The lowest BCUT2D eigenvalue weighted by Crippen LogP contribution is -2.30. The lowest BCUT2D eigenvalue weighted by molar-refractivity contribution is 0.704. The molecule has 0 aliphatic rings. The molecule has 0 radical (unpaired) electrons. The largest absolute Gasteiger partial charge is 0.396 e. The van der Waals surface area contributed by atoms with E-state index in [1.807, 2.05) is 11.9 Å². The van der Waals surface area contributed by atoms with Gasteiger partial charge in [0.2, 0.25) is 5.43 Å². The Balaban J connectivity index is 2.58. The van der Waals surface area contributed by atoms with Gasteiger partial charge in [0.25, 0.3) is 0 Å². The van der Waals surface area contributed by atoms with Crippen molar-refractivity contribution < 1.29 is 0 Å². The average molecular weight is 212 g/mol. The third-order valence-corrected chi connectivity index (χ3v) is 2.81. The minimum Gasteiger partial charge on any atom is -0.396 e. The van der Waals surface area contributed by atoms with E-state index in [2.05, 4.69) is 6.92 Å². The Labute approximate surface area is 89.2 Å². The average Bonchev–Trinajstić information content (AvgIpc) is 2.18. The summed E-state index contributed by atoms with van der Waals surface area (Å²) in [7, 11) is 1.89. The van der Waals surface area contributed by atoms with E-state index in [9.17, 15) is 4.79 Å². The van der Waals surface area contributed by atoms with Crippen molar-refractivity contribution in [1.82, 2.24) is 0 Å². The molecule has 0 bridgehead atoms. The van der Waals surface area contributed by atoms with Crippen LogP contribution in [-0.2, 0) is 0 Å². The Morgan fingerprint density at radius 2 is 2.07 bits per heavy atom. The molecule has 0 aliphatic carbocycles. The number of hydrogen-bond acceptors (Lipinski definition) is 4. The fourth-order valence-electron chi connectivity index (χ4n) is 1.49. The number of hydrogen-bond donors (Lipinski definition) is 1. The fourth-order valence-corrected chi connectivity index (χ4v) is 1.68. The number of unbranched alkanes of at least 4 members (excludes halogenated alkanes) is 2. The van der Waals surface area contributed by atoms with Crippen molar-refractivity contribution in [3.63, 3.8) is 0 Å². The van der Waals surface area contributed by atoms with Crippen molar-refractivity contribution in [1.29, 1.82) is 0 Å². The van der Waals surface area contributed by atoms with Crippen LogP contribution in [0.3, 0.4) is 0 Å². The van der Waals surface area contributed by atoms with Crippen LogP contribution in [0.5, 0.6) is 0 Å². The SMILES string of the molecule is CCCCCN(C)c1c(N)c(=S)c1=O. The number of nitrogen functional groups attached to an aromatic ring is 1. The Morgan fingerprint density at radius 3 is 2.57 bits per heavy atom. The van der Waals surface area contributed by atoms with Gasteiger partial charge in [-0.3, -0.25) is 4.79 Å². The third kappa shape index (κ3) is 1.95. The van der Waals surface area contributed by atoms with Crippen molar-refractivity contribution in [3.8, 4) is 0 Å². The summed E-state index contributed by atoms with van der Waals surface area (Å²) in [5.41, 5.74) is 6.66. The van der Waals surface area contributed by atoms with Crippen LogP contribution in [0, 0.1) is 4.51 Å². The first-order valence-electron chi connectivity index (χ1n) is 4.89. The molecule has 1 aromatic carbocycles. The van der Waals surface area contributed by atoms with Gasteiger partial charge in [-0.2, -0.15) is 0 Å². The standard InChI is InChI=1S/C10H16N2OS/c1-3-4-5-6-12(2)8-7(11)10(14)9(8)13/h3-6,11H2,1-2H3. The van der Waals surface area contributed by atoms with E-state index in [4.69, 9.17) is 18.0 Å². The Hall–Kier alpha value is -0.900. The summed E-state index contributed by atoms with van der Waals surface area (Å²) >= 11 is 4.80. The van der Waals surface area contributed by atoms with Gasteiger partial charge in [0.15, 0.2) is 0 Å². The maximum atomic E-state index is 11.3. The zero-order valence-corrected chi connectivity index (χ0v) is 9.49. The fraction of sp³-hybridized carbons (Fsp3) is 0.600. The summed E-state index contributed by atoms with van der Waals surface area (Å²) in [5, 5.41) is 0. The molecule has 1 aromatic rings. The third-order valence-electron chi connectivity index (χ3n) is 2.40. The molecule has 0 spiro atoms. The van der Waals surface area contributed by atoms with Crippen molar-refractivity contribution in [2.75, 3.05) is 24.2 Å². The van der Waals surface area contributed by atoms with Gasteiger partial charge < -0.3 is 10.6 Å². The van der Waals surface area contributed by atoms with E-state index >= 15 is 0 Å². The molecular weight excluding hydrogens is 196 g/mol. The number of anilines is 2. The minimum atomic E-state index is -0.0727. The first kappa shape index (κ1) is 11.2. The van der Waals surface area contributed by atoms with Gasteiger partial charge in [-0.25, -0.2) is 0 Å². The Bertz CT molecular complexity index is 379. The van der Waals surface area contributed by atoms with Gasteiger partial charge in [0, 0.05) is 13.6 Å². The minimum absolute atomic E-state index is 0.0727. The van der Waals surface area contributed by atoms with Crippen molar-refractivity contribution in [2.45, 2.75) is 26.2 Å². The number of nitrogens with two attached hydrogens (primary N) is 1. The maximum Gasteiger partial charge on any atom is 0.224 e. The molecule has 78 valence electrons. The van der Waals surface area contributed by atoms with E-state index in [1.54, 1.807) is 0 Å². The maximum absolute atomic E-state index is 11.3. The molecule has 0 heterocycles. The van der Waals surface area contributed by atoms with Crippen LogP contribution < -0.4 is 16.1 Å². The van der Waals surface area contributed by atoms with E-state index in [-0.39, 0.29) is 5.43 Å². The van der Waals surface area contributed by atoms with Crippen LogP contribution in [0.4, 0.5) is 11.4 Å². The molecule has 0 aromatic heterocycles. The van der Waals surface area contributed by atoms with Crippen molar-refractivity contribution in [3.05, 3.63) is 14.7 Å². The second kappa shape index (κ2) is 4.55. The second-order valence-corrected chi connectivity index (χ2v) is 3.96. The quantitative estimate of drug-likeness (QED) is 0.598. The second-order valence-electron chi connectivity index (χ2n) is 3.55. The molecule has 0 saturated carbocycles. The predicted molar refractivity (Wildman–Crippen MR) is 63.1 cm³/mol. The van der Waals surface area contributed by atoms with Gasteiger partial charge in [-0.15, -0.1) is 0 Å². The summed E-state index contributed by atoms with van der Waals surface area (Å²) < 4.78 is 0.294. The Kier molecular flexibility index (Phi) is 3.63. The van der Waals surface area contributed by atoms with Gasteiger partial charge in [0.1, 0.15) is 10.2 Å². The highest BCUT2D eigenvalue weighted by molar-refractivity contribution is 7.71. The lowest BCUT2D eigenvalue weighted by Gasteiger charge is -2.21. The van der Waals surface area contributed by atoms with E-state index in [0.29, 0.717) is 15.9 Å². The van der Waals surface area contributed by atoms with Crippen LogP contribution in [0.2, 0.25) is 0 Å². The van der Waals surface area contributed by atoms with E-state index in [1.165, 1.54) is 12.8 Å². The smallest absolute Gasteiger partial charge is 0.224 e. The molecule has 4 heteroatoms. The molecule has 1 rings (SSSR count). The number of rotatable bonds is 5. The molecule has 2 N–H and O–H groups in total. The summed E-state index contributed by atoms with van der Waals surface area (Å²) in [4.78, 5) is 13.2. The zero-order valence-electron chi connectivity index (χ0n) is 8.67. The van der Waals surface area contributed by atoms with Crippen LogP contribution in [0.15, 0.2) is 4.79 Å². The molecule has 0 fully saturated rings. The van der Waals surface area contributed by atoms with E-state index in [0.717, 1.165) is 13.0 Å². The molecule has 0 unspecified atom stereocenters. The van der Waals surface area contributed by atoms with Crippen LogP contribution in [0.1, 0.15) is 26.2 Å². The first-order chi connectivity index (χ1) is 6.59. The molecular formula is C10H16N2OS. The Morgan fingerprint density at radius 1 is 1.43 bits per heavy atom. The lowest BCUT2D eigenvalue weighted by atomic mass is 10.1. The topological polar surface area (TPSA) is 46.3 Å². The van der Waals surface area contributed by atoms with Gasteiger partial charge in [-0.1, -0.05) is 32.0 Å². The van der Waals surface area contributed by atoms with Crippen molar-refractivity contribution >= 4 is 23.6 Å². The highest BCUT2D eigenvalue weighted by atomic mass is 32.1. The number of nitrogens with zero attached hydrogens (tertiary/aromatic N) is 1. The molecule has 0 saturated heterocycles. The summed E-state index contributed by atoms with van der Waals surface area (Å²) in [5.74, 6) is 0. The summed E-state index contributed by atoms with van der Waals surface area (Å²) in [6, 6.07) is 0. The van der Waals surface area contributed by atoms with Crippen LogP contribution in [-0.4, -0.2) is 13.6 Å². The zero-order chi connectivity index (χ0) is 10.7. The summed E-state index contributed by atoms with van der Waals surface area (Å²) in [6.07, 6.45) is 3.44. The van der Waals surface area contributed by atoms with Crippen molar-refractivity contribution in [2.24, 2.45) is 0 Å². The first-order valence-corrected chi connectivity index (χ1v) is 5.30. The van der Waals surface area contributed by atoms with Gasteiger partial charge >= 0.3 is 0 Å². The predicted octanol–water partition coefficient (Wildman–Crippen LogP) is 1.86. The highest BCUT2D eigenvalue weighted by Crippen LogP contribution is 2.22. The van der Waals surface area contributed by atoms with E-state index < -0.39 is 0 Å². The van der Waals surface area contributed by atoms with Crippen LogP contribution >= 0.6 is 12.2 Å². The normalized spacial score (nSPS) is 10.7. The molecule has 0 amide bonds. The molecule has 0 atom stereocenters. The highest BCUT2D eigenvalue weighted by Gasteiger charge is 2.17. The van der Waals surface area contributed by atoms with Crippen LogP contribution in [0.25, 0.3) is 0 Å². The van der Waals surface area contributed by atoms with Gasteiger partial charge in [0.05, 0.1) is 5.69 Å². The monoisotopic (exact) mass is 212 g/mol.